The summed E-state index contributed by atoms with van der Waals surface area (Å²) in [6, 6.07) is -0.166. The smallest absolute Gasteiger partial charge is 0.212 e. The minimum Gasteiger partial charge on any atom is -0.212 e. The quantitative estimate of drug-likeness (QED) is 0.695. The molecular weight excluding hydrogens is 344 g/mol. The molecule has 1 aliphatic rings. The van der Waals surface area contributed by atoms with Gasteiger partial charge in [-0.15, -0.1) is 0 Å². The van der Waals surface area contributed by atoms with E-state index in [2.05, 4.69) is 20.7 Å². The molecule has 1 saturated heterocycles. The molecule has 0 unspecified atom stereocenters. The number of nitrogens with zero attached hydrogens (tertiary/aromatic N) is 1. The summed E-state index contributed by atoms with van der Waals surface area (Å²) in [6.45, 7) is 2.60. The Hall–Kier alpha value is 0.300. The van der Waals surface area contributed by atoms with Crippen LogP contribution in [0.4, 0.5) is 0 Å². The first-order valence-electron chi connectivity index (χ1n) is 5.84. The molecule has 0 aliphatic carbocycles. The Labute approximate surface area is 117 Å². The second-order valence-corrected chi connectivity index (χ2v) is 9.48. The lowest BCUT2D eigenvalue weighted by Gasteiger charge is -2.31. The van der Waals surface area contributed by atoms with Crippen LogP contribution in [0.5, 0.6) is 0 Å². The van der Waals surface area contributed by atoms with E-state index >= 15 is 0 Å². The molecule has 18 heavy (non-hydrogen) atoms. The Bertz CT molecular complexity index is 455. The van der Waals surface area contributed by atoms with E-state index in [4.69, 9.17) is 0 Å². The van der Waals surface area contributed by atoms with Gasteiger partial charge >= 0.3 is 0 Å². The average molecular weight is 363 g/mol. The van der Waals surface area contributed by atoms with Crippen LogP contribution in [-0.4, -0.2) is 50.7 Å². The fourth-order valence-electron chi connectivity index (χ4n) is 1.92. The SMILES string of the molecule is CCCS(=O)(=O)N1CCC(NS(=O)(=O)CBr)CC1. The Morgan fingerprint density at radius 2 is 1.78 bits per heavy atom. The molecule has 0 spiro atoms. The molecule has 1 heterocycles. The van der Waals surface area contributed by atoms with E-state index in [-0.39, 0.29) is 16.5 Å². The van der Waals surface area contributed by atoms with Gasteiger partial charge in [0.1, 0.15) is 4.66 Å². The molecule has 0 atom stereocenters. The summed E-state index contributed by atoms with van der Waals surface area (Å²) in [7, 11) is -6.44. The summed E-state index contributed by atoms with van der Waals surface area (Å²) in [4.78, 5) is 0. The van der Waals surface area contributed by atoms with Crippen molar-refractivity contribution in [2.75, 3.05) is 23.5 Å². The molecule has 1 aliphatic heterocycles. The van der Waals surface area contributed by atoms with E-state index in [1.807, 2.05) is 6.92 Å². The van der Waals surface area contributed by atoms with Gasteiger partial charge in [0.2, 0.25) is 20.0 Å². The molecule has 1 rings (SSSR count). The van der Waals surface area contributed by atoms with Gasteiger partial charge in [-0.1, -0.05) is 22.9 Å². The zero-order valence-electron chi connectivity index (χ0n) is 10.3. The first-order valence-corrected chi connectivity index (χ1v) is 10.2. The molecule has 0 saturated carbocycles. The summed E-state index contributed by atoms with van der Waals surface area (Å²) < 4.78 is 50.2. The van der Waals surface area contributed by atoms with Crippen LogP contribution >= 0.6 is 15.9 Å². The van der Waals surface area contributed by atoms with Gasteiger partial charge in [0.15, 0.2) is 0 Å². The summed E-state index contributed by atoms with van der Waals surface area (Å²) >= 11 is 2.91. The number of halogens is 1. The number of hydrogen-bond acceptors (Lipinski definition) is 4. The van der Waals surface area contributed by atoms with Gasteiger partial charge < -0.3 is 0 Å². The maximum Gasteiger partial charge on any atom is 0.221 e. The number of rotatable bonds is 6. The zero-order valence-corrected chi connectivity index (χ0v) is 13.5. The van der Waals surface area contributed by atoms with Crippen LogP contribution in [0.2, 0.25) is 0 Å². The lowest BCUT2D eigenvalue weighted by atomic mass is 10.1. The number of alkyl halides is 1. The highest BCUT2D eigenvalue weighted by molar-refractivity contribution is 9.10. The van der Waals surface area contributed by atoms with Crippen molar-refractivity contribution in [3.63, 3.8) is 0 Å². The molecule has 1 N–H and O–H groups in total. The summed E-state index contributed by atoms with van der Waals surface area (Å²) in [5.74, 6) is 0.158. The van der Waals surface area contributed by atoms with E-state index in [9.17, 15) is 16.8 Å². The largest absolute Gasteiger partial charge is 0.221 e. The fourth-order valence-corrected chi connectivity index (χ4v) is 4.67. The molecule has 0 aromatic heterocycles. The Kier molecular flexibility index (Phi) is 6.04. The van der Waals surface area contributed by atoms with Gasteiger partial charge in [-0.25, -0.2) is 25.9 Å². The number of hydrogen-bond donors (Lipinski definition) is 1. The summed E-state index contributed by atoms with van der Waals surface area (Å²) in [5, 5.41) is 0. The van der Waals surface area contributed by atoms with Gasteiger partial charge in [-0.3, -0.25) is 0 Å². The van der Waals surface area contributed by atoms with Crippen LogP contribution < -0.4 is 4.72 Å². The molecule has 108 valence electrons. The maximum atomic E-state index is 11.8. The molecular formula is C9H19BrN2O4S2. The van der Waals surface area contributed by atoms with Crippen LogP contribution in [0.1, 0.15) is 26.2 Å². The number of piperidine rings is 1. The minimum absolute atomic E-state index is 0.131. The highest BCUT2D eigenvalue weighted by Gasteiger charge is 2.28. The normalized spacial score (nSPS) is 20.1. The predicted octanol–water partition coefficient (Wildman–Crippen LogP) is 0.462. The lowest BCUT2D eigenvalue weighted by Crippen LogP contribution is -2.47. The zero-order chi connectivity index (χ0) is 13.8. The Balaban J connectivity index is 2.52. The van der Waals surface area contributed by atoms with E-state index < -0.39 is 20.0 Å². The molecule has 0 aromatic carbocycles. The first-order chi connectivity index (χ1) is 8.30. The minimum atomic E-state index is -3.28. The second kappa shape index (κ2) is 6.65. The van der Waals surface area contributed by atoms with E-state index in [0.29, 0.717) is 32.4 Å². The third-order valence-electron chi connectivity index (χ3n) is 2.80. The molecule has 6 nitrogen and oxygen atoms in total. The number of sulfonamides is 2. The van der Waals surface area contributed by atoms with Crippen LogP contribution in [0.3, 0.4) is 0 Å². The average Bonchev–Trinajstić information content (AvgIpc) is 2.29. The highest BCUT2D eigenvalue weighted by Crippen LogP contribution is 2.16. The van der Waals surface area contributed by atoms with E-state index in [0.717, 1.165) is 0 Å². The third kappa shape index (κ3) is 4.76. The van der Waals surface area contributed by atoms with Crippen LogP contribution in [0.15, 0.2) is 0 Å². The van der Waals surface area contributed by atoms with Crippen molar-refractivity contribution in [3.8, 4) is 0 Å². The van der Waals surface area contributed by atoms with Crippen molar-refractivity contribution in [1.29, 1.82) is 0 Å². The highest BCUT2D eigenvalue weighted by atomic mass is 79.9. The van der Waals surface area contributed by atoms with Crippen molar-refractivity contribution < 1.29 is 16.8 Å². The summed E-state index contributed by atoms with van der Waals surface area (Å²) in [6.07, 6.45) is 1.64. The summed E-state index contributed by atoms with van der Waals surface area (Å²) in [5.41, 5.74) is 0. The van der Waals surface area contributed by atoms with Crippen molar-refractivity contribution in [2.24, 2.45) is 0 Å². The Morgan fingerprint density at radius 3 is 2.22 bits per heavy atom. The molecule has 0 amide bonds. The molecule has 9 heteroatoms. The Morgan fingerprint density at radius 1 is 1.22 bits per heavy atom. The van der Waals surface area contributed by atoms with Crippen molar-refractivity contribution in [1.82, 2.24) is 9.03 Å². The van der Waals surface area contributed by atoms with E-state index in [1.165, 1.54) is 4.31 Å². The van der Waals surface area contributed by atoms with Gasteiger partial charge in [0, 0.05) is 19.1 Å². The fraction of sp³-hybridized carbons (Fsp3) is 1.00. The van der Waals surface area contributed by atoms with Crippen molar-refractivity contribution >= 4 is 36.0 Å². The van der Waals surface area contributed by atoms with Gasteiger partial charge in [0.05, 0.1) is 5.75 Å². The third-order valence-corrected chi connectivity index (χ3v) is 7.66. The number of nitrogens with one attached hydrogen (secondary N) is 1. The monoisotopic (exact) mass is 362 g/mol. The van der Waals surface area contributed by atoms with Gasteiger partial charge in [-0.2, -0.15) is 0 Å². The van der Waals surface area contributed by atoms with Gasteiger partial charge in [-0.05, 0) is 19.3 Å². The molecule has 0 aromatic rings. The van der Waals surface area contributed by atoms with Crippen LogP contribution in [0.25, 0.3) is 0 Å². The van der Waals surface area contributed by atoms with Crippen molar-refractivity contribution in [3.05, 3.63) is 0 Å². The molecule has 1 fully saturated rings. The second-order valence-electron chi connectivity index (χ2n) is 4.33. The van der Waals surface area contributed by atoms with Crippen LogP contribution in [-0.2, 0) is 20.0 Å². The lowest BCUT2D eigenvalue weighted by molar-refractivity contribution is 0.308. The predicted molar refractivity (Wildman–Crippen MR) is 74.5 cm³/mol. The van der Waals surface area contributed by atoms with Gasteiger partial charge in [0.25, 0.3) is 0 Å². The van der Waals surface area contributed by atoms with Crippen molar-refractivity contribution in [2.45, 2.75) is 32.2 Å². The van der Waals surface area contributed by atoms with Crippen LogP contribution in [0, 0.1) is 0 Å². The molecule has 0 bridgehead atoms. The topological polar surface area (TPSA) is 83.6 Å². The standard InChI is InChI=1S/C9H19BrN2O4S2/c1-2-7-18(15,16)12-5-3-9(4-6-12)11-17(13,14)8-10/h9,11H,2-8H2,1H3. The first kappa shape index (κ1) is 16.4. The maximum absolute atomic E-state index is 11.8. The van der Waals surface area contributed by atoms with E-state index in [1.54, 1.807) is 0 Å². The molecule has 0 radical (unpaired) electrons.